The molecule has 0 fully saturated rings. The molecule has 1 rings (SSSR count). The van der Waals surface area contributed by atoms with Crippen molar-refractivity contribution in [1.82, 2.24) is 0 Å². The van der Waals surface area contributed by atoms with Crippen LogP contribution in [0, 0.1) is 3.57 Å². The van der Waals surface area contributed by atoms with Crippen LogP contribution in [0.4, 0.5) is 0 Å². The molecule has 0 aliphatic heterocycles. The largest absolute Gasteiger partial charge is 0.343 e. The third-order valence-corrected chi connectivity index (χ3v) is 6.37. The molecule has 1 aromatic carbocycles. The smallest absolute Gasteiger partial charge is 0.230 e. The molecule has 0 spiro atoms. The van der Waals surface area contributed by atoms with Crippen molar-refractivity contribution >= 4 is 64.6 Å². The van der Waals surface area contributed by atoms with Gasteiger partial charge in [0.1, 0.15) is 8.47 Å². The first-order chi connectivity index (χ1) is 7.16. The molecule has 0 unspecified atom stereocenters. The second-order valence-corrected chi connectivity index (χ2v) is 7.57. The summed E-state index contributed by atoms with van der Waals surface area (Å²) in [6, 6.07) is 1.05. The van der Waals surface area contributed by atoms with Crippen molar-refractivity contribution in [2.75, 3.05) is 0 Å². The van der Waals surface area contributed by atoms with Gasteiger partial charge in [-0.2, -0.15) is 0 Å². The summed E-state index contributed by atoms with van der Waals surface area (Å²) < 4.78 is 43.8. The Kier molecular flexibility index (Phi) is 4.41. The Labute approximate surface area is 113 Å². The molecule has 0 bridgehead atoms. The van der Waals surface area contributed by atoms with Crippen LogP contribution in [0.5, 0.6) is 0 Å². The molecule has 1 aromatic rings. The van der Waals surface area contributed by atoms with Gasteiger partial charge in [-0.15, -0.1) is 0 Å². The first-order valence-corrected chi connectivity index (χ1v) is 8.94. The van der Waals surface area contributed by atoms with Crippen LogP contribution in [0.25, 0.3) is 0 Å². The van der Waals surface area contributed by atoms with Crippen LogP contribution in [0.15, 0.2) is 11.0 Å². The highest BCUT2D eigenvalue weighted by Crippen LogP contribution is 2.40. The number of hydrogen-bond donors (Lipinski definition) is 1. The van der Waals surface area contributed by atoms with Gasteiger partial charge in [0.15, 0.2) is 0 Å². The fraction of sp³-hybridized carbons (Fsp3) is 0. The van der Waals surface area contributed by atoms with Crippen LogP contribution in [0.3, 0.4) is 0 Å². The first kappa shape index (κ1) is 14.4. The minimum atomic E-state index is -4.32. The molecule has 0 saturated carbocycles. The van der Waals surface area contributed by atoms with Crippen LogP contribution >= 0.6 is 54.6 Å². The number of primary sulfonamides is 1. The quantitative estimate of drug-likeness (QED) is 0.590. The lowest BCUT2D eigenvalue weighted by molar-refractivity contribution is 0.595. The van der Waals surface area contributed by atoms with Gasteiger partial charge >= 0.3 is 19.8 Å². The van der Waals surface area contributed by atoms with Gasteiger partial charge in [-0.25, -0.2) is 19.7 Å². The summed E-state index contributed by atoms with van der Waals surface area (Å²) in [4.78, 5) is -0.748. The third kappa shape index (κ3) is 2.77. The topological polar surface area (TPSA) is 94.3 Å². The van der Waals surface area contributed by atoms with E-state index >= 15 is 0 Å². The van der Waals surface area contributed by atoms with Crippen LogP contribution < -0.4 is 5.14 Å². The van der Waals surface area contributed by atoms with Crippen molar-refractivity contribution in [1.29, 1.82) is 0 Å². The standard InChI is InChI=1S/C6H3Cl3INO4S/c7-2-1-3(8)5(10(12)13)6(4(2)9)16(11,14)15/h1H,(H2,11,14,15). The van der Waals surface area contributed by atoms with E-state index < -0.39 is 43.3 Å². The van der Waals surface area contributed by atoms with Gasteiger partial charge in [-0.05, 0) is 6.07 Å². The molecule has 0 amide bonds. The molecular weight excluding hydrogens is 415 g/mol. The van der Waals surface area contributed by atoms with E-state index in [0.717, 1.165) is 6.07 Å². The summed E-state index contributed by atoms with van der Waals surface area (Å²) >= 11 is 12.6. The fourth-order valence-corrected chi connectivity index (χ4v) is 5.85. The lowest BCUT2D eigenvalue weighted by Crippen LogP contribution is -2.15. The van der Waals surface area contributed by atoms with Crippen molar-refractivity contribution < 1.29 is 14.6 Å². The van der Waals surface area contributed by atoms with Crippen molar-refractivity contribution in [2.24, 2.45) is 5.14 Å². The van der Waals surface area contributed by atoms with Crippen LogP contribution in [0.2, 0.25) is 15.1 Å². The number of nitrogens with two attached hydrogens (primary N) is 1. The monoisotopic (exact) mass is 417 g/mol. The Morgan fingerprint density at radius 3 is 2.00 bits per heavy atom. The zero-order valence-electron chi connectivity index (χ0n) is 7.21. The fourth-order valence-electron chi connectivity index (χ4n) is 0.945. The lowest BCUT2D eigenvalue weighted by atomic mass is 10.3. The number of halogens is 4. The summed E-state index contributed by atoms with van der Waals surface area (Å²) in [5, 5.41) is 3.91. The van der Waals surface area contributed by atoms with Crippen LogP contribution in [0.1, 0.15) is 0 Å². The van der Waals surface area contributed by atoms with Gasteiger partial charge < -0.3 is 0 Å². The minimum Gasteiger partial charge on any atom is -0.230 e. The highest BCUT2D eigenvalue weighted by atomic mass is 127. The zero-order valence-corrected chi connectivity index (χ0v) is 12.4. The maximum absolute atomic E-state index is 11.2. The molecule has 10 heteroatoms. The number of hydrogen-bond acceptors (Lipinski definition) is 4. The molecular formula is C6H3Cl3INO4S. The summed E-state index contributed by atoms with van der Waals surface area (Å²) in [5.41, 5.74) is 0. The maximum atomic E-state index is 11.2. The predicted molar refractivity (Wildman–Crippen MR) is 66.9 cm³/mol. The highest BCUT2D eigenvalue weighted by Gasteiger charge is 2.26. The Balaban J connectivity index is 3.95. The Morgan fingerprint density at radius 1 is 1.12 bits per heavy atom. The average Bonchev–Trinajstić information content (AvgIpc) is 2.07. The van der Waals surface area contributed by atoms with Crippen molar-refractivity contribution in [3.63, 3.8) is 0 Å². The predicted octanol–water partition coefficient (Wildman–Crippen LogP) is 2.66. The molecule has 0 atom stereocenters. The molecule has 2 N–H and O–H groups in total. The normalized spacial score (nSPS) is 12.1. The van der Waals surface area contributed by atoms with Crippen molar-refractivity contribution in [3.8, 4) is 0 Å². The van der Waals surface area contributed by atoms with Gasteiger partial charge in [0.25, 0.3) is 0 Å². The zero-order chi connectivity index (χ0) is 12.7. The molecule has 90 valence electrons. The van der Waals surface area contributed by atoms with E-state index in [1.54, 1.807) is 0 Å². The maximum Gasteiger partial charge on any atom is 0.343 e. The molecule has 0 aromatic heterocycles. The molecule has 16 heavy (non-hydrogen) atoms. The minimum absolute atomic E-state index is 0.183. The van der Waals surface area contributed by atoms with Gasteiger partial charge in [-0.3, -0.25) is 0 Å². The molecule has 0 radical (unpaired) electrons. The van der Waals surface area contributed by atoms with E-state index in [4.69, 9.17) is 39.9 Å². The summed E-state index contributed by atoms with van der Waals surface area (Å²) in [7, 11) is -4.32. The number of benzene rings is 1. The Bertz CT molecular complexity index is 617. The first-order valence-electron chi connectivity index (χ1n) is 3.42. The molecule has 0 heterocycles. The summed E-state index contributed by atoms with van der Waals surface area (Å²) in [6.07, 6.45) is 0. The van der Waals surface area contributed by atoms with E-state index in [2.05, 4.69) is 0 Å². The highest BCUT2D eigenvalue weighted by molar-refractivity contribution is 14.2. The van der Waals surface area contributed by atoms with E-state index in [9.17, 15) is 14.6 Å². The average molecular weight is 418 g/mol. The van der Waals surface area contributed by atoms with Crippen LogP contribution in [-0.2, 0) is 16.2 Å². The van der Waals surface area contributed by atoms with E-state index in [1.165, 1.54) is 0 Å². The summed E-state index contributed by atoms with van der Waals surface area (Å²) in [5.74, 6) is 0. The van der Waals surface area contributed by atoms with E-state index in [1.807, 2.05) is 0 Å². The van der Waals surface area contributed by atoms with Crippen molar-refractivity contribution in [2.45, 2.75) is 4.90 Å². The molecule has 0 aliphatic carbocycles. The second kappa shape index (κ2) is 4.91. The van der Waals surface area contributed by atoms with Gasteiger partial charge in [0, 0.05) is 0 Å². The van der Waals surface area contributed by atoms with E-state index in [0.29, 0.717) is 0 Å². The van der Waals surface area contributed by atoms with Gasteiger partial charge in [0.2, 0.25) is 10.0 Å². The number of sulfonamides is 1. The lowest BCUT2D eigenvalue weighted by Gasteiger charge is -2.07. The molecule has 5 nitrogen and oxygen atoms in total. The van der Waals surface area contributed by atoms with Crippen molar-refractivity contribution in [3.05, 3.63) is 24.7 Å². The van der Waals surface area contributed by atoms with E-state index in [-0.39, 0.29) is 10.0 Å². The Morgan fingerprint density at radius 2 is 1.62 bits per heavy atom. The van der Waals surface area contributed by atoms with Gasteiger partial charge in [-0.1, -0.05) is 34.8 Å². The second-order valence-electron chi connectivity index (χ2n) is 2.56. The summed E-state index contributed by atoms with van der Waals surface area (Å²) in [6.45, 7) is 0. The Hall–Kier alpha value is 0.330. The van der Waals surface area contributed by atoms with Gasteiger partial charge in [0.05, 0.1) is 15.1 Å². The molecule has 0 saturated heterocycles. The SMILES string of the molecule is NS(=O)(=O)c1c(Cl)c(Cl)cc(Cl)c1I(=O)=O. The molecule has 0 aliphatic rings. The van der Waals surface area contributed by atoms with Crippen LogP contribution in [-0.4, -0.2) is 8.42 Å². The number of rotatable bonds is 2. The third-order valence-electron chi connectivity index (χ3n) is 1.51.